The van der Waals surface area contributed by atoms with Crippen molar-refractivity contribution in [1.82, 2.24) is 9.80 Å². The van der Waals surface area contributed by atoms with E-state index >= 15 is 0 Å². The van der Waals surface area contributed by atoms with Gasteiger partial charge in [-0.05, 0) is 12.8 Å². The minimum Gasteiger partial charge on any atom is -0.480 e. The number of rotatable bonds is 3. The molecule has 0 aromatic carbocycles. The molecule has 1 saturated heterocycles. The fourth-order valence-corrected chi connectivity index (χ4v) is 1.96. The third kappa shape index (κ3) is 2.33. The Morgan fingerprint density at radius 3 is 2.19 bits per heavy atom. The number of piperazine rings is 1. The molecule has 0 aromatic rings. The summed E-state index contributed by atoms with van der Waals surface area (Å²) in [6, 6.07) is 0. The Morgan fingerprint density at radius 1 is 1.19 bits per heavy atom. The van der Waals surface area contributed by atoms with E-state index in [0.29, 0.717) is 26.2 Å². The zero-order valence-electron chi connectivity index (χ0n) is 9.19. The van der Waals surface area contributed by atoms with E-state index in [4.69, 9.17) is 10.8 Å². The number of carboxylic acids is 1. The van der Waals surface area contributed by atoms with Gasteiger partial charge in [-0.3, -0.25) is 14.5 Å². The van der Waals surface area contributed by atoms with Gasteiger partial charge in [0.25, 0.3) is 0 Å². The SMILES string of the molecule is NC1(C(=O)N2CCN(CC(=O)O)CC2)CC1. The predicted molar refractivity (Wildman–Crippen MR) is 56.8 cm³/mol. The van der Waals surface area contributed by atoms with Crippen molar-refractivity contribution in [2.75, 3.05) is 32.7 Å². The van der Waals surface area contributed by atoms with Crippen LogP contribution in [0.4, 0.5) is 0 Å². The topological polar surface area (TPSA) is 86.9 Å². The van der Waals surface area contributed by atoms with Gasteiger partial charge in [0.15, 0.2) is 0 Å². The molecule has 1 aliphatic heterocycles. The molecule has 1 heterocycles. The standard InChI is InChI=1S/C10H17N3O3/c11-10(1-2-10)9(16)13-5-3-12(4-6-13)7-8(14)15/h1-7,11H2,(H,14,15). The summed E-state index contributed by atoms with van der Waals surface area (Å²) in [6.07, 6.45) is 1.56. The first kappa shape index (κ1) is 11.3. The van der Waals surface area contributed by atoms with E-state index in [-0.39, 0.29) is 12.5 Å². The van der Waals surface area contributed by atoms with E-state index in [1.165, 1.54) is 0 Å². The molecular formula is C10H17N3O3. The monoisotopic (exact) mass is 227 g/mol. The number of hydrogen-bond acceptors (Lipinski definition) is 4. The highest BCUT2D eigenvalue weighted by Gasteiger charge is 2.48. The second kappa shape index (κ2) is 4.03. The minimum absolute atomic E-state index is 0.0301. The van der Waals surface area contributed by atoms with Crippen LogP contribution in [0.5, 0.6) is 0 Å². The number of carboxylic acid groups (broad SMARTS) is 1. The number of nitrogens with two attached hydrogens (primary N) is 1. The fraction of sp³-hybridized carbons (Fsp3) is 0.800. The van der Waals surface area contributed by atoms with Gasteiger partial charge in [-0.1, -0.05) is 0 Å². The van der Waals surface area contributed by atoms with Crippen LogP contribution in [0, 0.1) is 0 Å². The smallest absolute Gasteiger partial charge is 0.317 e. The summed E-state index contributed by atoms with van der Waals surface area (Å²) >= 11 is 0. The second-order valence-electron chi connectivity index (χ2n) is 4.62. The quantitative estimate of drug-likeness (QED) is 0.626. The van der Waals surface area contributed by atoms with Gasteiger partial charge in [0.1, 0.15) is 0 Å². The molecule has 1 amide bonds. The summed E-state index contributed by atoms with van der Waals surface area (Å²) in [5.41, 5.74) is 5.24. The van der Waals surface area contributed by atoms with Crippen molar-refractivity contribution in [2.24, 2.45) is 5.73 Å². The molecule has 6 nitrogen and oxygen atoms in total. The largest absolute Gasteiger partial charge is 0.480 e. The molecule has 1 aliphatic carbocycles. The maximum atomic E-state index is 11.9. The van der Waals surface area contributed by atoms with Crippen LogP contribution in [-0.2, 0) is 9.59 Å². The van der Waals surface area contributed by atoms with Crippen LogP contribution < -0.4 is 5.73 Å². The van der Waals surface area contributed by atoms with Crippen molar-refractivity contribution in [1.29, 1.82) is 0 Å². The Morgan fingerprint density at radius 2 is 1.75 bits per heavy atom. The Bertz CT molecular complexity index is 306. The van der Waals surface area contributed by atoms with E-state index in [9.17, 15) is 9.59 Å². The van der Waals surface area contributed by atoms with E-state index in [1.54, 1.807) is 4.90 Å². The molecule has 3 N–H and O–H groups in total. The molecule has 0 bridgehead atoms. The third-order valence-electron chi connectivity index (χ3n) is 3.23. The Hall–Kier alpha value is -1.14. The van der Waals surface area contributed by atoms with E-state index in [0.717, 1.165) is 12.8 Å². The van der Waals surface area contributed by atoms with Crippen molar-refractivity contribution in [3.63, 3.8) is 0 Å². The summed E-state index contributed by atoms with van der Waals surface area (Å²) in [6.45, 7) is 2.47. The molecule has 0 unspecified atom stereocenters. The summed E-state index contributed by atoms with van der Waals surface area (Å²) in [5, 5.41) is 8.64. The first-order valence-corrected chi connectivity index (χ1v) is 5.54. The zero-order chi connectivity index (χ0) is 11.8. The van der Waals surface area contributed by atoms with Crippen LogP contribution in [0.3, 0.4) is 0 Å². The average Bonchev–Trinajstić information content (AvgIpc) is 2.97. The second-order valence-corrected chi connectivity index (χ2v) is 4.62. The molecular weight excluding hydrogens is 210 g/mol. The maximum absolute atomic E-state index is 11.9. The summed E-state index contributed by atoms with van der Waals surface area (Å²) in [7, 11) is 0. The van der Waals surface area contributed by atoms with Gasteiger partial charge in [0.2, 0.25) is 5.91 Å². The van der Waals surface area contributed by atoms with Crippen molar-refractivity contribution in [3.8, 4) is 0 Å². The molecule has 2 rings (SSSR count). The van der Waals surface area contributed by atoms with Crippen LogP contribution in [-0.4, -0.2) is 65.0 Å². The van der Waals surface area contributed by atoms with Crippen molar-refractivity contribution in [3.05, 3.63) is 0 Å². The highest BCUT2D eigenvalue weighted by Crippen LogP contribution is 2.34. The number of amides is 1. The van der Waals surface area contributed by atoms with Gasteiger partial charge < -0.3 is 15.7 Å². The van der Waals surface area contributed by atoms with Gasteiger partial charge in [0, 0.05) is 26.2 Å². The van der Waals surface area contributed by atoms with Gasteiger partial charge in [-0.2, -0.15) is 0 Å². The normalized spacial score (nSPS) is 24.2. The zero-order valence-corrected chi connectivity index (χ0v) is 9.19. The van der Waals surface area contributed by atoms with Crippen LogP contribution in [0.1, 0.15) is 12.8 Å². The van der Waals surface area contributed by atoms with Crippen molar-refractivity contribution < 1.29 is 14.7 Å². The summed E-state index contributed by atoms with van der Waals surface area (Å²) < 4.78 is 0. The summed E-state index contributed by atoms with van der Waals surface area (Å²) in [4.78, 5) is 26.0. The van der Waals surface area contributed by atoms with Crippen molar-refractivity contribution in [2.45, 2.75) is 18.4 Å². The molecule has 90 valence electrons. The third-order valence-corrected chi connectivity index (χ3v) is 3.23. The first-order valence-electron chi connectivity index (χ1n) is 5.54. The lowest BCUT2D eigenvalue weighted by molar-refractivity contribution is -0.139. The van der Waals surface area contributed by atoms with E-state index in [2.05, 4.69) is 0 Å². The van der Waals surface area contributed by atoms with Gasteiger partial charge in [-0.15, -0.1) is 0 Å². The van der Waals surface area contributed by atoms with Gasteiger partial charge in [-0.25, -0.2) is 0 Å². The molecule has 0 aromatic heterocycles. The molecule has 1 saturated carbocycles. The minimum atomic E-state index is -0.822. The number of carbonyl (C=O) groups is 2. The first-order chi connectivity index (χ1) is 7.51. The molecule has 2 fully saturated rings. The Labute approximate surface area is 94.0 Å². The predicted octanol–water partition coefficient (Wildman–Crippen LogP) is -1.29. The number of carbonyl (C=O) groups excluding carboxylic acids is 1. The number of aliphatic carboxylic acids is 1. The molecule has 6 heteroatoms. The number of hydrogen-bond donors (Lipinski definition) is 2. The molecule has 2 aliphatic rings. The maximum Gasteiger partial charge on any atom is 0.317 e. The van der Waals surface area contributed by atoms with Crippen molar-refractivity contribution >= 4 is 11.9 Å². The Kier molecular flexibility index (Phi) is 2.86. The highest BCUT2D eigenvalue weighted by molar-refractivity contribution is 5.89. The van der Waals surface area contributed by atoms with Gasteiger partial charge in [0.05, 0.1) is 12.1 Å². The fourth-order valence-electron chi connectivity index (χ4n) is 1.96. The van der Waals surface area contributed by atoms with E-state index in [1.807, 2.05) is 4.90 Å². The lowest BCUT2D eigenvalue weighted by Gasteiger charge is -2.35. The van der Waals surface area contributed by atoms with Gasteiger partial charge >= 0.3 is 5.97 Å². The highest BCUT2D eigenvalue weighted by atomic mass is 16.4. The van der Waals surface area contributed by atoms with Crippen LogP contribution in [0.15, 0.2) is 0 Å². The lowest BCUT2D eigenvalue weighted by atomic mass is 10.2. The molecule has 0 spiro atoms. The average molecular weight is 227 g/mol. The molecule has 0 radical (unpaired) electrons. The molecule has 16 heavy (non-hydrogen) atoms. The lowest BCUT2D eigenvalue weighted by Crippen LogP contribution is -2.54. The number of nitrogens with zero attached hydrogens (tertiary/aromatic N) is 2. The molecule has 0 atom stereocenters. The van der Waals surface area contributed by atoms with E-state index < -0.39 is 11.5 Å². The van der Waals surface area contributed by atoms with Crippen LogP contribution >= 0.6 is 0 Å². The van der Waals surface area contributed by atoms with Crippen LogP contribution in [0.25, 0.3) is 0 Å². The van der Waals surface area contributed by atoms with Crippen LogP contribution in [0.2, 0.25) is 0 Å². The summed E-state index contributed by atoms with van der Waals surface area (Å²) in [5.74, 6) is -0.792. The Balaban J connectivity index is 1.81.